The molecule has 32 heavy (non-hydrogen) atoms. The molecule has 7 heteroatoms. The molecule has 0 aliphatic carbocycles. The third-order valence-electron chi connectivity index (χ3n) is 5.56. The lowest BCUT2D eigenvalue weighted by atomic mass is 10.00. The van der Waals surface area contributed by atoms with Gasteiger partial charge in [-0.2, -0.15) is 0 Å². The Morgan fingerprint density at radius 2 is 1.78 bits per heavy atom. The predicted molar refractivity (Wildman–Crippen MR) is 124 cm³/mol. The molecule has 0 atom stereocenters. The molecule has 0 fully saturated rings. The predicted octanol–water partition coefficient (Wildman–Crippen LogP) is 5.13. The highest BCUT2D eigenvalue weighted by Gasteiger charge is 2.22. The van der Waals surface area contributed by atoms with Crippen LogP contribution in [0, 0.1) is 0 Å². The number of ether oxygens (including phenoxy) is 4. The van der Waals surface area contributed by atoms with Gasteiger partial charge in [-0.1, -0.05) is 17.7 Å². The van der Waals surface area contributed by atoms with Crippen molar-refractivity contribution in [1.29, 1.82) is 0 Å². The Labute approximate surface area is 192 Å². The van der Waals surface area contributed by atoms with Crippen molar-refractivity contribution in [2.24, 2.45) is 0 Å². The molecular formula is C25H26ClNO5. The second-order valence-corrected chi connectivity index (χ2v) is 8.00. The lowest BCUT2D eigenvalue weighted by molar-refractivity contribution is 0.215. The van der Waals surface area contributed by atoms with E-state index in [9.17, 15) is 5.11 Å². The second-order valence-electron chi connectivity index (χ2n) is 7.57. The molecule has 0 spiro atoms. The van der Waals surface area contributed by atoms with E-state index in [1.807, 2.05) is 30.3 Å². The number of rotatable bonds is 6. The molecule has 0 saturated carbocycles. The van der Waals surface area contributed by atoms with Gasteiger partial charge >= 0.3 is 0 Å². The number of halogens is 1. The molecule has 6 nitrogen and oxygen atoms in total. The Kier molecular flexibility index (Phi) is 6.63. The first kappa shape index (κ1) is 22.1. The quantitative estimate of drug-likeness (QED) is 0.555. The van der Waals surface area contributed by atoms with Crippen LogP contribution in [0.2, 0.25) is 5.02 Å². The van der Waals surface area contributed by atoms with E-state index in [1.54, 1.807) is 33.5 Å². The number of nitrogens with zero attached hydrogens (tertiary/aromatic N) is 1. The van der Waals surface area contributed by atoms with Gasteiger partial charge in [0, 0.05) is 47.4 Å². The minimum atomic E-state index is 0.213. The molecule has 3 aromatic rings. The molecule has 0 radical (unpaired) electrons. The van der Waals surface area contributed by atoms with E-state index in [1.165, 1.54) is 0 Å². The third-order valence-corrected chi connectivity index (χ3v) is 5.79. The first-order valence-electron chi connectivity index (χ1n) is 10.3. The summed E-state index contributed by atoms with van der Waals surface area (Å²) in [7, 11) is 4.85. The van der Waals surface area contributed by atoms with E-state index >= 15 is 0 Å². The zero-order valence-electron chi connectivity index (χ0n) is 18.4. The zero-order valence-corrected chi connectivity index (χ0v) is 19.1. The number of phenols is 1. The van der Waals surface area contributed by atoms with Crippen LogP contribution in [0.4, 0.5) is 0 Å². The first-order valence-corrected chi connectivity index (χ1v) is 10.7. The van der Waals surface area contributed by atoms with Gasteiger partial charge < -0.3 is 24.1 Å². The first-order chi connectivity index (χ1) is 15.5. The van der Waals surface area contributed by atoms with E-state index in [4.69, 9.17) is 30.5 Å². The fourth-order valence-corrected chi connectivity index (χ4v) is 4.10. The zero-order chi connectivity index (χ0) is 22.7. The molecule has 3 aromatic carbocycles. The molecule has 0 aromatic heterocycles. The molecule has 4 rings (SSSR count). The number of fused-ring (bicyclic) bond motifs is 1. The van der Waals surface area contributed by atoms with Crippen molar-refractivity contribution >= 4 is 11.6 Å². The molecule has 1 heterocycles. The van der Waals surface area contributed by atoms with Crippen molar-refractivity contribution in [1.82, 2.24) is 4.90 Å². The second kappa shape index (κ2) is 9.59. The smallest absolute Gasteiger partial charge is 0.165 e. The Hall–Kier alpha value is -3.09. The Bertz CT molecular complexity index is 1120. The summed E-state index contributed by atoms with van der Waals surface area (Å²) in [6, 6.07) is 14.9. The van der Waals surface area contributed by atoms with Crippen molar-refractivity contribution < 1.29 is 24.1 Å². The molecule has 1 aliphatic rings. The van der Waals surface area contributed by atoms with Crippen LogP contribution in [0.1, 0.15) is 11.1 Å². The fraction of sp³-hybridized carbons (Fsp3) is 0.280. The summed E-state index contributed by atoms with van der Waals surface area (Å²) >= 11 is 6.26. The maximum atomic E-state index is 10.4. The summed E-state index contributed by atoms with van der Waals surface area (Å²) in [5.74, 6) is 2.96. The lowest BCUT2D eigenvalue weighted by Crippen LogP contribution is -2.25. The SMILES string of the molecule is COc1ccc(CN2CCOc3c(cc(-c4cc(Cl)ccc4OC)cc3OC)C2)c(O)c1. The lowest BCUT2D eigenvalue weighted by Gasteiger charge is -2.21. The summed E-state index contributed by atoms with van der Waals surface area (Å²) in [6.07, 6.45) is 0. The average Bonchev–Trinajstić information content (AvgIpc) is 3.01. The normalized spacial score (nSPS) is 13.6. The van der Waals surface area contributed by atoms with Gasteiger partial charge in [0.25, 0.3) is 0 Å². The number of methoxy groups -OCH3 is 3. The third kappa shape index (κ3) is 4.56. The van der Waals surface area contributed by atoms with Crippen LogP contribution in [0.15, 0.2) is 48.5 Å². The standard InChI is InChI=1S/C25H26ClNO5/c1-29-20-6-4-16(22(28)13-20)14-27-8-9-32-25-18(15-27)10-17(11-24(25)31-3)21-12-19(26)5-7-23(21)30-2/h4-7,10-13,28H,8-9,14-15H2,1-3H3. The van der Waals surface area contributed by atoms with Gasteiger partial charge in [-0.25, -0.2) is 0 Å². The van der Waals surface area contributed by atoms with E-state index in [2.05, 4.69) is 11.0 Å². The largest absolute Gasteiger partial charge is 0.507 e. The minimum Gasteiger partial charge on any atom is -0.507 e. The van der Waals surface area contributed by atoms with Gasteiger partial charge in [0.1, 0.15) is 23.9 Å². The van der Waals surface area contributed by atoms with Crippen molar-refractivity contribution in [3.63, 3.8) is 0 Å². The van der Waals surface area contributed by atoms with Crippen molar-refractivity contribution in [2.45, 2.75) is 13.1 Å². The Balaban J connectivity index is 1.69. The fourth-order valence-electron chi connectivity index (χ4n) is 3.93. The van der Waals surface area contributed by atoms with Crippen LogP contribution in [-0.2, 0) is 13.1 Å². The number of benzene rings is 3. The summed E-state index contributed by atoms with van der Waals surface area (Å²) in [6.45, 7) is 2.43. The molecule has 168 valence electrons. The van der Waals surface area contributed by atoms with Crippen LogP contribution in [0.5, 0.6) is 28.7 Å². The minimum absolute atomic E-state index is 0.213. The highest BCUT2D eigenvalue weighted by molar-refractivity contribution is 6.31. The Morgan fingerprint density at radius 3 is 2.50 bits per heavy atom. The van der Waals surface area contributed by atoms with Crippen LogP contribution < -0.4 is 18.9 Å². The highest BCUT2D eigenvalue weighted by atomic mass is 35.5. The number of hydrogen-bond acceptors (Lipinski definition) is 6. The van der Waals surface area contributed by atoms with Crippen LogP contribution >= 0.6 is 11.6 Å². The topological polar surface area (TPSA) is 60.4 Å². The number of hydrogen-bond donors (Lipinski definition) is 1. The van der Waals surface area contributed by atoms with Crippen LogP contribution in [-0.4, -0.2) is 44.5 Å². The van der Waals surface area contributed by atoms with Gasteiger partial charge in [0.15, 0.2) is 11.5 Å². The van der Waals surface area contributed by atoms with Gasteiger partial charge in [0.2, 0.25) is 0 Å². The average molecular weight is 456 g/mol. The summed E-state index contributed by atoms with van der Waals surface area (Å²) in [5, 5.41) is 11.0. The van der Waals surface area contributed by atoms with Crippen LogP contribution in [0.3, 0.4) is 0 Å². The molecule has 0 saturated heterocycles. The van der Waals surface area contributed by atoms with Crippen LogP contribution in [0.25, 0.3) is 11.1 Å². The molecule has 0 bridgehead atoms. The monoisotopic (exact) mass is 455 g/mol. The van der Waals surface area contributed by atoms with Gasteiger partial charge in [-0.3, -0.25) is 4.90 Å². The maximum Gasteiger partial charge on any atom is 0.165 e. The van der Waals surface area contributed by atoms with E-state index < -0.39 is 0 Å². The molecule has 0 amide bonds. The van der Waals surface area contributed by atoms with Crippen molar-refractivity contribution in [3.8, 4) is 39.9 Å². The molecule has 1 N–H and O–H groups in total. The van der Waals surface area contributed by atoms with Gasteiger partial charge in [-0.15, -0.1) is 0 Å². The summed E-state index contributed by atoms with van der Waals surface area (Å²) < 4.78 is 22.5. The van der Waals surface area contributed by atoms with E-state index in [0.29, 0.717) is 42.8 Å². The maximum absolute atomic E-state index is 10.4. The van der Waals surface area contributed by atoms with Gasteiger partial charge in [0.05, 0.1) is 21.3 Å². The summed E-state index contributed by atoms with van der Waals surface area (Å²) in [4.78, 5) is 2.23. The molecule has 0 unspecified atom stereocenters. The van der Waals surface area contributed by atoms with E-state index in [0.717, 1.165) is 33.8 Å². The van der Waals surface area contributed by atoms with Gasteiger partial charge in [-0.05, 0) is 42.0 Å². The number of aromatic hydroxyl groups is 1. The number of phenolic OH excluding ortho intramolecular Hbond substituents is 1. The van der Waals surface area contributed by atoms with Crippen molar-refractivity contribution in [2.75, 3.05) is 34.5 Å². The highest BCUT2D eigenvalue weighted by Crippen LogP contribution is 2.41. The summed E-state index contributed by atoms with van der Waals surface area (Å²) in [5.41, 5.74) is 3.63. The molecular weight excluding hydrogens is 430 g/mol. The van der Waals surface area contributed by atoms with E-state index in [-0.39, 0.29) is 5.75 Å². The molecule has 1 aliphatic heterocycles. The van der Waals surface area contributed by atoms with Crippen molar-refractivity contribution in [3.05, 3.63) is 64.7 Å². The Morgan fingerprint density at radius 1 is 0.969 bits per heavy atom.